The second kappa shape index (κ2) is 5.56. The minimum Gasteiger partial charge on any atom is -0.392 e. The Morgan fingerprint density at radius 1 is 1.21 bits per heavy atom. The van der Waals surface area contributed by atoms with Crippen molar-refractivity contribution in [3.05, 3.63) is 53.2 Å². The Kier molecular flexibility index (Phi) is 4.04. The van der Waals surface area contributed by atoms with Crippen LogP contribution in [0.3, 0.4) is 0 Å². The first-order valence-corrected chi connectivity index (χ1v) is 7.22. The monoisotopic (exact) mass is 298 g/mol. The summed E-state index contributed by atoms with van der Waals surface area (Å²) < 4.78 is 26.5. The van der Waals surface area contributed by atoms with Gasteiger partial charge in [-0.1, -0.05) is 29.8 Å². The van der Waals surface area contributed by atoms with Gasteiger partial charge in [0.25, 0.3) is 10.0 Å². The van der Waals surface area contributed by atoms with Gasteiger partial charge in [-0.05, 0) is 23.8 Å². The van der Waals surface area contributed by atoms with Crippen LogP contribution in [-0.2, 0) is 16.6 Å². The zero-order valence-corrected chi connectivity index (χ0v) is 11.3. The number of aliphatic hydroxyl groups excluding tert-OH is 1. The van der Waals surface area contributed by atoms with E-state index in [2.05, 4.69) is 9.71 Å². The van der Waals surface area contributed by atoms with Gasteiger partial charge in [0.2, 0.25) is 0 Å². The van der Waals surface area contributed by atoms with Crippen LogP contribution in [0.5, 0.6) is 0 Å². The number of rotatable bonds is 4. The fourth-order valence-electron chi connectivity index (χ4n) is 1.40. The molecule has 100 valence electrons. The van der Waals surface area contributed by atoms with Crippen molar-refractivity contribution in [3.8, 4) is 0 Å². The van der Waals surface area contributed by atoms with E-state index in [4.69, 9.17) is 16.7 Å². The van der Waals surface area contributed by atoms with Crippen LogP contribution in [0.4, 0.5) is 5.69 Å². The lowest BCUT2D eigenvalue weighted by molar-refractivity contribution is 0.281. The first-order chi connectivity index (χ1) is 9.03. The zero-order valence-electron chi connectivity index (χ0n) is 9.75. The molecule has 0 aliphatic heterocycles. The Morgan fingerprint density at radius 3 is 2.53 bits per heavy atom. The maximum atomic E-state index is 12.1. The maximum absolute atomic E-state index is 12.1. The molecule has 2 aromatic rings. The molecule has 0 amide bonds. The summed E-state index contributed by atoms with van der Waals surface area (Å²) in [5, 5.41) is 9.05. The van der Waals surface area contributed by atoms with Gasteiger partial charge < -0.3 is 5.11 Å². The first kappa shape index (κ1) is 13.8. The highest BCUT2D eigenvalue weighted by Gasteiger charge is 2.16. The molecule has 0 spiro atoms. The van der Waals surface area contributed by atoms with E-state index in [0.717, 1.165) is 0 Å². The van der Waals surface area contributed by atoms with Gasteiger partial charge in [-0.15, -0.1) is 0 Å². The molecule has 0 atom stereocenters. The molecule has 0 saturated heterocycles. The Balaban J connectivity index is 2.30. The van der Waals surface area contributed by atoms with E-state index in [9.17, 15) is 8.42 Å². The summed E-state index contributed by atoms with van der Waals surface area (Å²) in [7, 11) is -3.79. The van der Waals surface area contributed by atoms with Crippen LogP contribution in [0.1, 0.15) is 5.56 Å². The van der Waals surface area contributed by atoms with Gasteiger partial charge in [0.05, 0.1) is 17.3 Å². The highest BCUT2D eigenvalue weighted by atomic mass is 35.5. The molecule has 5 nitrogen and oxygen atoms in total. The smallest absolute Gasteiger partial charge is 0.279 e. The van der Waals surface area contributed by atoms with Gasteiger partial charge >= 0.3 is 0 Å². The lowest BCUT2D eigenvalue weighted by Crippen LogP contribution is -2.14. The highest BCUT2D eigenvalue weighted by molar-refractivity contribution is 7.92. The molecule has 0 unspecified atom stereocenters. The number of sulfonamides is 1. The standard InChI is InChI=1S/C12H11ClN2O3S/c13-10-3-1-2-4-11(10)15-19(17,18)12-6-5-9(8-16)7-14-12/h1-7,15-16H,8H2. The average molecular weight is 299 g/mol. The van der Waals surface area contributed by atoms with Crippen molar-refractivity contribution in [2.75, 3.05) is 4.72 Å². The number of aromatic nitrogens is 1. The summed E-state index contributed by atoms with van der Waals surface area (Å²) in [6, 6.07) is 9.34. The van der Waals surface area contributed by atoms with Crippen LogP contribution < -0.4 is 4.72 Å². The van der Waals surface area contributed by atoms with E-state index in [-0.39, 0.29) is 17.3 Å². The summed E-state index contributed by atoms with van der Waals surface area (Å²) >= 11 is 5.89. The molecule has 0 saturated carbocycles. The van der Waals surface area contributed by atoms with Crippen molar-refractivity contribution in [1.82, 2.24) is 4.98 Å². The second-order valence-corrected chi connectivity index (χ2v) is 5.78. The van der Waals surface area contributed by atoms with E-state index < -0.39 is 10.0 Å². The minimum atomic E-state index is -3.79. The highest BCUT2D eigenvalue weighted by Crippen LogP contribution is 2.23. The van der Waals surface area contributed by atoms with Gasteiger partial charge in [-0.2, -0.15) is 8.42 Å². The molecule has 0 aliphatic carbocycles. The Labute approximate surface area is 115 Å². The van der Waals surface area contributed by atoms with E-state index in [1.54, 1.807) is 24.3 Å². The molecule has 0 fully saturated rings. The van der Waals surface area contributed by atoms with E-state index in [0.29, 0.717) is 10.6 Å². The topological polar surface area (TPSA) is 79.3 Å². The number of pyridine rings is 1. The van der Waals surface area contributed by atoms with Crippen LogP contribution in [0, 0.1) is 0 Å². The van der Waals surface area contributed by atoms with Gasteiger partial charge in [0, 0.05) is 6.20 Å². The molecule has 2 rings (SSSR count). The van der Waals surface area contributed by atoms with Crippen molar-refractivity contribution >= 4 is 27.3 Å². The third kappa shape index (κ3) is 3.23. The third-order valence-corrected chi connectivity index (χ3v) is 3.98. The number of nitrogens with zero attached hydrogens (tertiary/aromatic N) is 1. The van der Waals surface area contributed by atoms with Gasteiger partial charge in [0.1, 0.15) is 0 Å². The SMILES string of the molecule is O=S(=O)(Nc1ccccc1Cl)c1ccc(CO)cn1. The molecule has 0 aliphatic rings. The number of anilines is 1. The second-order valence-electron chi connectivity index (χ2n) is 3.75. The van der Waals surface area contributed by atoms with Gasteiger partial charge in [-0.3, -0.25) is 4.72 Å². The molecule has 2 N–H and O–H groups in total. The first-order valence-electron chi connectivity index (χ1n) is 5.36. The number of hydrogen-bond donors (Lipinski definition) is 2. The lowest BCUT2D eigenvalue weighted by Gasteiger charge is -2.08. The lowest BCUT2D eigenvalue weighted by atomic mass is 10.3. The summed E-state index contributed by atoms with van der Waals surface area (Å²) in [6.07, 6.45) is 1.31. The average Bonchev–Trinajstić information content (AvgIpc) is 2.41. The molecule has 7 heteroatoms. The van der Waals surface area contributed by atoms with Gasteiger partial charge in [-0.25, -0.2) is 4.98 Å². The number of benzene rings is 1. The number of hydrogen-bond acceptors (Lipinski definition) is 4. The van der Waals surface area contributed by atoms with E-state index >= 15 is 0 Å². The Hall–Kier alpha value is -1.63. The quantitative estimate of drug-likeness (QED) is 0.905. The molecular formula is C12H11ClN2O3S. The normalized spacial score (nSPS) is 11.3. The zero-order chi connectivity index (χ0) is 13.9. The van der Waals surface area contributed by atoms with Crippen LogP contribution in [0.2, 0.25) is 5.02 Å². The summed E-state index contributed by atoms with van der Waals surface area (Å²) in [4.78, 5) is 3.79. The van der Waals surface area contributed by atoms with Crippen LogP contribution in [-0.4, -0.2) is 18.5 Å². The van der Waals surface area contributed by atoms with Crippen molar-refractivity contribution in [2.45, 2.75) is 11.6 Å². The largest absolute Gasteiger partial charge is 0.392 e. The molecule has 19 heavy (non-hydrogen) atoms. The molecule has 0 bridgehead atoms. The number of nitrogens with one attached hydrogen (secondary N) is 1. The Bertz CT molecular complexity index is 672. The van der Waals surface area contributed by atoms with Crippen LogP contribution >= 0.6 is 11.6 Å². The number of aliphatic hydroxyl groups is 1. The fourth-order valence-corrected chi connectivity index (χ4v) is 2.65. The molecule has 0 radical (unpaired) electrons. The molecule has 1 aromatic heterocycles. The number of para-hydroxylation sites is 1. The van der Waals surface area contributed by atoms with E-state index in [1.807, 2.05) is 0 Å². The van der Waals surface area contributed by atoms with Crippen molar-refractivity contribution < 1.29 is 13.5 Å². The summed E-state index contributed by atoms with van der Waals surface area (Å²) in [5.41, 5.74) is 0.828. The maximum Gasteiger partial charge on any atom is 0.279 e. The van der Waals surface area contributed by atoms with Crippen molar-refractivity contribution in [3.63, 3.8) is 0 Å². The molecular weight excluding hydrogens is 288 g/mol. The predicted octanol–water partition coefficient (Wildman–Crippen LogP) is 2.03. The van der Waals surface area contributed by atoms with Crippen molar-refractivity contribution in [2.24, 2.45) is 0 Å². The third-order valence-electron chi connectivity index (χ3n) is 2.37. The Morgan fingerprint density at radius 2 is 1.95 bits per heavy atom. The number of halogens is 1. The summed E-state index contributed by atoms with van der Waals surface area (Å²) in [6.45, 7) is -0.189. The summed E-state index contributed by atoms with van der Waals surface area (Å²) in [5.74, 6) is 0. The minimum absolute atomic E-state index is 0.135. The van der Waals surface area contributed by atoms with Crippen LogP contribution in [0.15, 0.2) is 47.6 Å². The van der Waals surface area contributed by atoms with E-state index in [1.165, 1.54) is 18.3 Å². The fraction of sp³-hybridized carbons (Fsp3) is 0.0833. The van der Waals surface area contributed by atoms with Crippen LogP contribution in [0.25, 0.3) is 0 Å². The van der Waals surface area contributed by atoms with Crippen molar-refractivity contribution in [1.29, 1.82) is 0 Å². The molecule has 1 aromatic carbocycles. The molecule has 1 heterocycles. The van der Waals surface area contributed by atoms with Gasteiger partial charge in [0.15, 0.2) is 5.03 Å². The predicted molar refractivity (Wildman–Crippen MR) is 72.4 cm³/mol.